The van der Waals surface area contributed by atoms with Crippen molar-refractivity contribution in [3.05, 3.63) is 0 Å². The van der Waals surface area contributed by atoms with Crippen LogP contribution in [0.5, 0.6) is 0 Å². The van der Waals surface area contributed by atoms with Crippen molar-refractivity contribution in [2.24, 2.45) is 5.92 Å². The predicted octanol–water partition coefficient (Wildman–Crippen LogP) is -0.0183. The number of amides is 2. The summed E-state index contributed by atoms with van der Waals surface area (Å²) in [5.74, 6) is 0.769. The van der Waals surface area contributed by atoms with Gasteiger partial charge in [-0.2, -0.15) is 0 Å². The largest absolute Gasteiger partial charge is 0.481 e. The van der Waals surface area contributed by atoms with E-state index in [1.165, 1.54) is 11.8 Å². The molecule has 0 spiro atoms. The van der Waals surface area contributed by atoms with Crippen LogP contribution < -0.4 is 5.32 Å². The van der Waals surface area contributed by atoms with Crippen LogP contribution in [0.25, 0.3) is 0 Å². The number of urea groups is 1. The fraction of sp³-hybridized carbons (Fsp3) is 0.556. The quantitative estimate of drug-likeness (QED) is 0.624. The lowest BCUT2D eigenvalue weighted by atomic mass is 10.2. The zero-order valence-electron chi connectivity index (χ0n) is 8.28. The van der Waals surface area contributed by atoms with E-state index in [0.717, 1.165) is 0 Å². The molecule has 1 unspecified atom stereocenters. The van der Waals surface area contributed by atoms with E-state index in [9.17, 15) is 9.59 Å². The molecule has 2 N–H and O–H groups in total. The van der Waals surface area contributed by atoms with Crippen LogP contribution in [-0.2, 0) is 4.79 Å². The maximum Gasteiger partial charge on any atom is 0.317 e. The average molecular weight is 198 g/mol. The van der Waals surface area contributed by atoms with Crippen molar-refractivity contribution in [3.63, 3.8) is 0 Å². The summed E-state index contributed by atoms with van der Waals surface area (Å²) in [6, 6.07) is -0.365. The molecule has 0 aromatic carbocycles. The number of carboxylic acids is 1. The minimum Gasteiger partial charge on any atom is -0.481 e. The number of carboxylic acid groups (broad SMARTS) is 1. The van der Waals surface area contributed by atoms with Gasteiger partial charge < -0.3 is 15.3 Å². The molecular weight excluding hydrogens is 184 g/mol. The summed E-state index contributed by atoms with van der Waals surface area (Å²) in [5, 5.41) is 11.0. The highest BCUT2D eigenvalue weighted by Crippen LogP contribution is 1.92. The van der Waals surface area contributed by atoms with Gasteiger partial charge in [0.05, 0.1) is 12.5 Å². The molecule has 0 saturated carbocycles. The van der Waals surface area contributed by atoms with E-state index >= 15 is 0 Å². The van der Waals surface area contributed by atoms with Gasteiger partial charge in [0.15, 0.2) is 0 Å². The van der Waals surface area contributed by atoms with Crippen molar-refractivity contribution in [1.29, 1.82) is 0 Å². The van der Waals surface area contributed by atoms with Gasteiger partial charge in [0.2, 0.25) is 0 Å². The molecule has 0 radical (unpaired) electrons. The van der Waals surface area contributed by atoms with E-state index in [1.54, 1.807) is 7.05 Å². The molecule has 0 aliphatic rings. The Morgan fingerprint density at radius 1 is 1.64 bits per heavy atom. The Bertz CT molecular complexity index is 257. The molecule has 5 heteroatoms. The van der Waals surface area contributed by atoms with Crippen molar-refractivity contribution >= 4 is 12.0 Å². The molecule has 0 aliphatic carbocycles. The second kappa shape index (κ2) is 5.86. The number of terminal acetylenes is 1. The summed E-state index contributed by atoms with van der Waals surface area (Å²) in [6.45, 7) is 1.82. The van der Waals surface area contributed by atoms with E-state index in [1.807, 2.05) is 0 Å². The van der Waals surface area contributed by atoms with E-state index in [-0.39, 0.29) is 19.1 Å². The first kappa shape index (κ1) is 12.3. The average Bonchev–Trinajstić information content (AvgIpc) is 2.13. The number of rotatable bonds is 4. The van der Waals surface area contributed by atoms with Gasteiger partial charge in [0, 0.05) is 13.6 Å². The SMILES string of the molecule is C#CCN(C)C(=O)NCC(C)C(=O)O. The Hall–Kier alpha value is -1.70. The first-order valence-electron chi connectivity index (χ1n) is 4.14. The van der Waals surface area contributed by atoms with Crippen LogP contribution >= 0.6 is 0 Å². The number of nitrogens with zero attached hydrogens (tertiary/aromatic N) is 1. The molecule has 0 aromatic rings. The summed E-state index contributed by atoms with van der Waals surface area (Å²) >= 11 is 0. The van der Waals surface area contributed by atoms with E-state index in [2.05, 4.69) is 11.2 Å². The maximum atomic E-state index is 11.2. The van der Waals surface area contributed by atoms with Gasteiger partial charge in [-0.15, -0.1) is 6.42 Å². The highest BCUT2D eigenvalue weighted by atomic mass is 16.4. The molecule has 1 atom stereocenters. The molecule has 2 amide bonds. The van der Waals surface area contributed by atoms with Gasteiger partial charge in [-0.25, -0.2) is 4.79 Å². The van der Waals surface area contributed by atoms with Crippen LogP contribution in [0.15, 0.2) is 0 Å². The minimum absolute atomic E-state index is 0.100. The van der Waals surface area contributed by atoms with Gasteiger partial charge in [-0.3, -0.25) is 4.79 Å². The summed E-state index contributed by atoms with van der Waals surface area (Å²) in [6.07, 6.45) is 5.01. The third-order valence-electron chi connectivity index (χ3n) is 1.66. The normalized spacial score (nSPS) is 11.2. The molecule has 78 valence electrons. The zero-order valence-corrected chi connectivity index (χ0v) is 8.28. The summed E-state index contributed by atoms with van der Waals surface area (Å²) in [5.41, 5.74) is 0. The summed E-state index contributed by atoms with van der Waals surface area (Å²) in [7, 11) is 1.54. The lowest BCUT2D eigenvalue weighted by molar-refractivity contribution is -0.140. The molecule has 0 bridgehead atoms. The fourth-order valence-corrected chi connectivity index (χ4v) is 0.671. The number of nitrogens with one attached hydrogen (secondary N) is 1. The monoisotopic (exact) mass is 198 g/mol. The van der Waals surface area contributed by atoms with E-state index < -0.39 is 11.9 Å². The molecule has 0 fully saturated rings. The van der Waals surface area contributed by atoms with E-state index in [4.69, 9.17) is 11.5 Å². The van der Waals surface area contributed by atoms with Gasteiger partial charge in [0.25, 0.3) is 0 Å². The number of carbonyl (C=O) groups is 2. The first-order chi connectivity index (χ1) is 6.49. The van der Waals surface area contributed by atoms with Crippen LogP contribution in [0, 0.1) is 18.3 Å². The summed E-state index contributed by atoms with van der Waals surface area (Å²) < 4.78 is 0. The van der Waals surface area contributed by atoms with Crippen molar-refractivity contribution in [1.82, 2.24) is 10.2 Å². The molecule has 0 heterocycles. The van der Waals surface area contributed by atoms with Crippen molar-refractivity contribution in [2.45, 2.75) is 6.92 Å². The third kappa shape index (κ3) is 4.36. The second-order valence-electron chi connectivity index (χ2n) is 2.99. The lowest BCUT2D eigenvalue weighted by Crippen LogP contribution is -2.40. The standard InChI is InChI=1S/C9H14N2O3/c1-4-5-11(3)9(14)10-6-7(2)8(12)13/h1,7H,5-6H2,2-3H3,(H,10,14)(H,12,13). The Labute approximate surface area is 83.1 Å². The van der Waals surface area contributed by atoms with Gasteiger partial charge in [-0.1, -0.05) is 12.8 Å². The van der Waals surface area contributed by atoms with Crippen molar-refractivity contribution in [2.75, 3.05) is 20.1 Å². The Morgan fingerprint density at radius 2 is 2.21 bits per heavy atom. The first-order valence-corrected chi connectivity index (χ1v) is 4.14. The number of hydrogen-bond acceptors (Lipinski definition) is 2. The topological polar surface area (TPSA) is 69.6 Å². The fourth-order valence-electron chi connectivity index (χ4n) is 0.671. The van der Waals surface area contributed by atoms with Crippen LogP contribution in [0.4, 0.5) is 4.79 Å². The minimum atomic E-state index is -0.940. The van der Waals surface area contributed by atoms with Crippen molar-refractivity contribution in [3.8, 4) is 12.3 Å². The van der Waals surface area contributed by atoms with Crippen LogP contribution in [0.2, 0.25) is 0 Å². The van der Waals surface area contributed by atoms with E-state index in [0.29, 0.717) is 0 Å². The van der Waals surface area contributed by atoms with Gasteiger partial charge in [0.1, 0.15) is 0 Å². The molecule has 0 aromatic heterocycles. The number of hydrogen-bond donors (Lipinski definition) is 2. The second-order valence-corrected chi connectivity index (χ2v) is 2.99. The highest BCUT2D eigenvalue weighted by Gasteiger charge is 2.13. The van der Waals surface area contributed by atoms with Crippen molar-refractivity contribution < 1.29 is 14.7 Å². The smallest absolute Gasteiger partial charge is 0.317 e. The Balaban J connectivity index is 3.85. The molecular formula is C9H14N2O3. The van der Waals surface area contributed by atoms with Crippen LogP contribution in [0.3, 0.4) is 0 Å². The van der Waals surface area contributed by atoms with Gasteiger partial charge >= 0.3 is 12.0 Å². The highest BCUT2D eigenvalue weighted by molar-refractivity contribution is 5.75. The Kier molecular flexibility index (Phi) is 5.15. The third-order valence-corrected chi connectivity index (χ3v) is 1.66. The lowest BCUT2D eigenvalue weighted by Gasteiger charge is -2.15. The zero-order chi connectivity index (χ0) is 11.1. The molecule has 0 saturated heterocycles. The Morgan fingerprint density at radius 3 is 2.64 bits per heavy atom. The van der Waals surface area contributed by atoms with Gasteiger partial charge in [-0.05, 0) is 0 Å². The molecule has 0 rings (SSSR count). The molecule has 0 aliphatic heterocycles. The molecule has 14 heavy (non-hydrogen) atoms. The predicted molar refractivity (Wildman–Crippen MR) is 51.7 cm³/mol. The maximum absolute atomic E-state index is 11.2. The summed E-state index contributed by atoms with van der Waals surface area (Å²) in [4.78, 5) is 22.9. The van der Waals surface area contributed by atoms with Crippen LogP contribution in [0.1, 0.15) is 6.92 Å². The molecule has 5 nitrogen and oxygen atoms in total. The van der Waals surface area contributed by atoms with Crippen LogP contribution in [-0.4, -0.2) is 42.1 Å². The number of aliphatic carboxylic acids is 1. The number of carbonyl (C=O) groups excluding carboxylic acids is 1.